The summed E-state index contributed by atoms with van der Waals surface area (Å²) in [5.74, 6) is 1.27. The van der Waals surface area contributed by atoms with Gasteiger partial charge in [0.05, 0.1) is 4.88 Å². The number of thiophene rings is 1. The zero-order valence-corrected chi connectivity index (χ0v) is 17.7. The first-order valence-corrected chi connectivity index (χ1v) is 10.3. The Bertz CT molecular complexity index is 876. The highest BCUT2D eigenvalue weighted by atomic mass is 32.1. The highest BCUT2D eigenvalue weighted by Crippen LogP contribution is 2.35. The van der Waals surface area contributed by atoms with Gasteiger partial charge in [-0.15, -0.1) is 11.3 Å². The standard InChI is InChI=1S/C22H30N4S/c1-6-9-17(13-23)19-10-11-20(27-19)21-15(5)25-22(26-21)18(12-14(4)24)16(7-2)8-3/h6,9-13,16,24H,7-8,23H2,1-5H3,(H,25,26)/b9-6-,17-13+,18-12-,24-14?. The fraction of sp³-hybridized carbons (Fsp3) is 0.364. The van der Waals surface area contributed by atoms with E-state index in [-0.39, 0.29) is 0 Å². The lowest BCUT2D eigenvalue weighted by Crippen LogP contribution is -2.04. The summed E-state index contributed by atoms with van der Waals surface area (Å²) < 4.78 is 0. The van der Waals surface area contributed by atoms with Gasteiger partial charge in [0.15, 0.2) is 0 Å². The summed E-state index contributed by atoms with van der Waals surface area (Å²) in [6.45, 7) is 10.2. The van der Waals surface area contributed by atoms with Gasteiger partial charge in [0.25, 0.3) is 0 Å². The van der Waals surface area contributed by atoms with Crippen LogP contribution in [0.1, 0.15) is 56.9 Å². The first-order valence-electron chi connectivity index (χ1n) is 9.43. The highest BCUT2D eigenvalue weighted by Gasteiger charge is 2.19. The van der Waals surface area contributed by atoms with Crippen LogP contribution in [0.25, 0.3) is 21.7 Å². The molecule has 0 unspecified atom stereocenters. The third kappa shape index (κ3) is 4.86. The third-order valence-electron chi connectivity index (χ3n) is 4.61. The number of aryl methyl sites for hydroxylation is 1. The van der Waals surface area contributed by atoms with Gasteiger partial charge in [0.2, 0.25) is 0 Å². The molecule has 27 heavy (non-hydrogen) atoms. The zero-order valence-electron chi connectivity index (χ0n) is 16.9. The van der Waals surface area contributed by atoms with Gasteiger partial charge in [-0.1, -0.05) is 26.0 Å². The normalized spacial score (nSPS) is 13.1. The Balaban J connectivity index is 2.47. The minimum absolute atomic E-state index is 0.393. The van der Waals surface area contributed by atoms with Gasteiger partial charge < -0.3 is 16.1 Å². The number of nitrogens with one attached hydrogen (secondary N) is 2. The number of allylic oxidation sites excluding steroid dienone is 5. The summed E-state index contributed by atoms with van der Waals surface area (Å²) in [6.07, 6.45) is 9.64. The lowest BCUT2D eigenvalue weighted by atomic mass is 9.92. The smallest absolute Gasteiger partial charge is 0.134 e. The SMILES string of the molecule is C/C=C\C(=C/N)c1ccc(-c2nc(/C(=C\C(C)=N)C(CC)CC)[nH]c2C)s1. The molecule has 0 aliphatic carbocycles. The van der Waals surface area contributed by atoms with Crippen molar-refractivity contribution < 1.29 is 0 Å². The number of nitrogens with zero attached hydrogens (tertiary/aromatic N) is 1. The number of nitrogens with two attached hydrogens (primary N) is 1. The van der Waals surface area contributed by atoms with Crippen molar-refractivity contribution in [3.05, 3.63) is 53.0 Å². The van der Waals surface area contributed by atoms with Crippen LogP contribution in [0.4, 0.5) is 0 Å². The molecule has 2 aromatic heterocycles. The van der Waals surface area contributed by atoms with E-state index in [1.165, 1.54) is 0 Å². The van der Waals surface area contributed by atoms with Gasteiger partial charge in [0.1, 0.15) is 11.5 Å². The summed E-state index contributed by atoms with van der Waals surface area (Å²) >= 11 is 1.69. The lowest BCUT2D eigenvalue weighted by Gasteiger charge is -2.15. The molecule has 4 N–H and O–H groups in total. The molecule has 0 amide bonds. The van der Waals surface area contributed by atoms with Crippen molar-refractivity contribution >= 4 is 28.2 Å². The number of H-pyrrole nitrogens is 1. The molecule has 0 fully saturated rings. The van der Waals surface area contributed by atoms with Gasteiger partial charge in [-0.25, -0.2) is 4.98 Å². The van der Waals surface area contributed by atoms with E-state index in [2.05, 4.69) is 37.9 Å². The predicted octanol–water partition coefficient (Wildman–Crippen LogP) is 6.18. The second-order valence-electron chi connectivity index (χ2n) is 6.64. The summed E-state index contributed by atoms with van der Waals surface area (Å²) in [4.78, 5) is 10.6. The van der Waals surface area contributed by atoms with E-state index in [9.17, 15) is 0 Å². The van der Waals surface area contributed by atoms with E-state index in [1.807, 2.05) is 32.1 Å². The molecule has 0 saturated heterocycles. The van der Waals surface area contributed by atoms with Crippen LogP contribution in [0.15, 0.2) is 36.6 Å². The molecule has 0 bridgehead atoms. The van der Waals surface area contributed by atoms with Crippen LogP contribution in [0.5, 0.6) is 0 Å². The Hall–Kier alpha value is -2.40. The van der Waals surface area contributed by atoms with Crippen LogP contribution in [-0.4, -0.2) is 15.7 Å². The fourth-order valence-electron chi connectivity index (χ4n) is 3.20. The van der Waals surface area contributed by atoms with Crippen molar-refractivity contribution in [1.29, 1.82) is 5.41 Å². The van der Waals surface area contributed by atoms with Crippen molar-refractivity contribution in [1.82, 2.24) is 9.97 Å². The number of rotatable bonds is 8. The average molecular weight is 383 g/mol. The molecule has 0 aliphatic rings. The molecule has 4 nitrogen and oxygen atoms in total. The van der Waals surface area contributed by atoms with Crippen molar-refractivity contribution in [2.75, 3.05) is 0 Å². The van der Waals surface area contributed by atoms with Gasteiger partial charge in [-0.2, -0.15) is 0 Å². The van der Waals surface area contributed by atoms with Crippen molar-refractivity contribution in [2.45, 2.75) is 47.5 Å². The fourth-order valence-corrected chi connectivity index (χ4v) is 4.26. The van der Waals surface area contributed by atoms with Crippen molar-refractivity contribution in [3.8, 4) is 10.6 Å². The molecule has 2 rings (SSSR count). The van der Waals surface area contributed by atoms with Gasteiger partial charge >= 0.3 is 0 Å². The Morgan fingerprint density at radius 2 is 2.04 bits per heavy atom. The van der Waals surface area contributed by atoms with Crippen LogP contribution in [0, 0.1) is 18.3 Å². The second kappa shape index (κ2) is 9.51. The maximum atomic E-state index is 7.91. The minimum atomic E-state index is 0.393. The van der Waals surface area contributed by atoms with E-state index < -0.39 is 0 Å². The molecule has 0 aliphatic heterocycles. The van der Waals surface area contributed by atoms with Crippen molar-refractivity contribution in [3.63, 3.8) is 0 Å². The largest absolute Gasteiger partial charge is 0.404 e. The Morgan fingerprint density at radius 1 is 1.33 bits per heavy atom. The molecule has 5 heteroatoms. The van der Waals surface area contributed by atoms with Crippen molar-refractivity contribution in [2.24, 2.45) is 11.7 Å². The van der Waals surface area contributed by atoms with E-state index >= 15 is 0 Å². The van der Waals surface area contributed by atoms with Gasteiger partial charge in [0, 0.05) is 28.1 Å². The number of aromatic nitrogens is 2. The molecular formula is C22H30N4S. The molecule has 0 saturated carbocycles. The van der Waals surface area contributed by atoms with E-state index in [1.54, 1.807) is 17.5 Å². The Labute approximate surface area is 166 Å². The summed E-state index contributed by atoms with van der Waals surface area (Å²) in [6, 6.07) is 4.19. The van der Waals surface area contributed by atoms with E-state index in [0.29, 0.717) is 11.6 Å². The predicted molar refractivity (Wildman–Crippen MR) is 119 cm³/mol. The highest BCUT2D eigenvalue weighted by molar-refractivity contribution is 7.16. The van der Waals surface area contributed by atoms with Crippen LogP contribution in [0.2, 0.25) is 0 Å². The maximum absolute atomic E-state index is 7.91. The first-order chi connectivity index (χ1) is 12.9. The lowest BCUT2D eigenvalue weighted by molar-refractivity contribution is 0.620. The summed E-state index contributed by atoms with van der Waals surface area (Å²) in [5, 5.41) is 7.91. The van der Waals surface area contributed by atoms with Crippen LogP contribution in [-0.2, 0) is 0 Å². The molecule has 0 radical (unpaired) electrons. The second-order valence-corrected chi connectivity index (χ2v) is 7.72. The number of imidazole rings is 1. The van der Waals surface area contributed by atoms with Crippen LogP contribution < -0.4 is 5.73 Å². The third-order valence-corrected chi connectivity index (χ3v) is 5.75. The minimum Gasteiger partial charge on any atom is -0.404 e. The topological polar surface area (TPSA) is 78.5 Å². The molecule has 0 spiro atoms. The van der Waals surface area contributed by atoms with Gasteiger partial charge in [-0.05, 0) is 63.3 Å². The molecule has 2 aromatic rings. The zero-order chi connectivity index (χ0) is 20.0. The van der Waals surface area contributed by atoms with E-state index in [4.69, 9.17) is 16.1 Å². The molecule has 0 aromatic carbocycles. The molecule has 0 atom stereocenters. The van der Waals surface area contributed by atoms with Gasteiger partial charge in [-0.3, -0.25) is 0 Å². The number of aromatic amines is 1. The Kier molecular flexibility index (Phi) is 7.36. The number of hydrogen-bond donors (Lipinski definition) is 3. The molecule has 144 valence electrons. The van der Waals surface area contributed by atoms with E-state index in [0.717, 1.165) is 51.0 Å². The Morgan fingerprint density at radius 3 is 2.59 bits per heavy atom. The maximum Gasteiger partial charge on any atom is 0.134 e. The quantitative estimate of drug-likeness (QED) is 0.376. The average Bonchev–Trinajstić information content (AvgIpc) is 3.26. The monoisotopic (exact) mass is 382 g/mol. The van der Waals surface area contributed by atoms with Crippen LogP contribution in [0.3, 0.4) is 0 Å². The van der Waals surface area contributed by atoms with Crippen LogP contribution >= 0.6 is 11.3 Å². The summed E-state index contributed by atoms with van der Waals surface area (Å²) in [7, 11) is 0. The molecule has 2 heterocycles. The molecular weight excluding hydrogens is 352 g/mol. The number of hydrogen-bond acceptors (Lipinski definition) is 4. The summed E-state index contributed by atoms with van der Waals surface area (Å²) in [5.41, 5.74) is 10.5. The first kappa shape index (κ1) is 20.9.